The summed E-state index contributed by atoms with van der Waals surface area (Å²) in [5.41, 5.74) is 1.04. The lowest BCUT2D eigenvalue weighted by atomic mass is 9.94. The van der Waals surface area contributed by atoms with Gasteiger partial charge in [-0.25, -0.2) is 0 Å². The van der Waals surface area contributed by atoms with Crippen LogP contribution in [0.4, 0.5) is 0 Å². The van der Waals surface area contributed by atoms with Gasteiger partial charge in [0.1, 0.15) is 0 Å². The SMILES string of the molecule is Cc1ccc(S(=O)(=O)OCCC2CCN(C)CC2)cc1. The summed E-state index contributed by atoms with van der Waals surface area (Å²) in [7, 11) is -1.48. The van der Waals surface area contributed by atoms with Crippen LogP contribution in [-0.4, -0.2) is 40.1 Å². The zero-order chi connectivity index (χ0) is 14.6. The largest absolute Gasteiger partial charge is 0.306 e. The van der Waals surface area contributed by atoms with E-state index in [0.29, 0.717) is 5.92 Å². The Balaban J connectivity index is 1.82. The molecule has 0 aromatic heterocycles. The Kier molecular flexibility index (Phi) is 5.18. The smallest absolute Gasteiger partial charge is 0.296 e. The van der Waals surface area contributed by atoms with Gasteiger partial charge in [0.15, 0.2) is 0 Å². The fourth-order valence-corrected chi connectivity index (χ4v) is 3.37. The van der Waals surface area contributed by atoms with Crippen LogP contribution in [0.1, 0.15) is 24.8 Å². The van der Waals surface area contributed by atoms with E-state index < -0.39 is 10.1 Å². The first kappa shape index (κ1) is 15.5. The van der Waals surface area contributed by atoms with Gasteiger partial charge in [0.25, 0.3) is 10.1 Å². The minimum Gasteiger partial charge on any atom is -0.306 e. The van der Waals surface area contributed by atoms with Gasteiger partial charge in [0, 0.05) is 0 Å². The van der Waals surface area contributed by atoms with Crippen LogP contribution in [0.3, 0.4) is 0 Å². The minimum atomic E-state index is -3.60. The molecule has 0 radical (unpaired) electrons. The number of likely N-dealkylation sites (tertiary alicyclic amines) is 1. The molecule has 20 heavy (non-hydrogen) atoms. The molecular weight excluding hydrogens is 274 g/mol. The van der Waals surface area contributed by atoms with Crippen molar-refractivity contribution in [1.82, 2.24) is 4.90 Å². The summed E-state index contributed by atoms with van der Waals surface area (Å²) in [5.74, 6) is 0.583. The van der Waals surface area contributed by atoms with Gasteiger partial charge < -0.3 is 4.90 Å². The van der Waals surface area contributed by atoms with E-state index in [4.69, 9.17) is 4.18 Å². The fourth-order valence-electron chi connectivity index (χ4n) is 2.45. The van der Waals surface area contributed by atoms with Crippen molar-refractivity contribution in [2.75, 3.05) is 26.7 Å². The lowest BCUT2D eigenvalue weighted by molar-refractivity contribution is 0.189. The third-order valence-electron chi connectivity index (χ3n) is 3.91. The molecule has 1 aromatic rings. The minimum absolute atomic E-state index is 0.242. The van der Waals surface area contributed by atoms with Crippen LogP contribution in [0, 0.1) is 12.8 Å². The number of hydrogen-bond acceptors (Lipinski definition) is 4. The van der Waals surface area contributed by atoms with Crippen LogP contribution < -0.4 is 0 Å². The predicted octanol–water partition coefficient (Wildman–Crippen LogP) is 2.43. The highest BCUT2D eigenvalue weighted by Gasteiger charge is 2.19. The van der Waals surface area contributed by atoms with Crippen LogP contribution in [0.15, 0.2) is 29.2 Å². The summed E-state index contributed by atoms with van der Waals surface area (Å²) < 4.78 is 29.2. The number of aryl methyl sites for hydroxylation is 1. The molecule has 0 N–H and O–H groups in total. The molecule has 0 bridgehead atoms. The molecule has 5 heteroatoms. The van der Waals surface area contributed by atoms with Crippen molar-refractivity contribution in [1.29, 1.82) is 0 Å². The summed E-state index contributed by atoms with van der Waals surface area (Å²) in [6.45, 7) is 4.40. The van der Waals surface area contributed by atoms with Crippen molar-refractivity contribution < 1.29 is 12.6 Å². The Morgan fingerprint density at radius 3 is 2.40 bits per heavy atom. The molecule has 1 aromatic carbocycles. The second kappa shape index (κ2) is 6.70. The van der Waals surface area contributed by atoms with Gasteiger partial charge in [-0.15, -0.1) is 0 Å². The molecule has 1 heterocycles. The first-order valence-electron chi connectivity index (χ1n) is 7.12. The van der Waals surface area contributed by atoms with E-state index in [1.54, 1.807) is 24.3 Å². The van der Waals surface area contributed by atoms with Crippen LogP contribution >= 0.6 is 0 Å². The Hall–Kier alpha value is -0.910. The number of nitrogens with zero attached hydrogens (tertiary/aromatic N) is 1. The number of hydrogen-bond donors (Lipinski definition) is 0. The molecule has 0 amide bonds. The average Bonchev–Trinajstić information content (AvgIpc) is 2.41. The normalized spacial score (nSPS) is 18.3. The van der Waals surface area contributed by atoms with Crippen molar-refractivity contribution >= 4 is 10.1 Å². The van der Waals surface area contributed by atoms with Crippen LogP contribution in [0.2, 0.25) is 0 Å². The maximum Gasteiger partial charge on any atom is 0.296 e. The summed E-state index contributed by atoms with van der Waals surface area (Å²) >= 11 is 0. The van der Waals surface area contributed by atoms with E-state index in [1.165, 1.54) is 0 Å². The lowest BCUT2D eigenvalue weighted by Crippen LogP contribution is -2.30. The van der Waals surface area contributed by atoms with E-state index >= 15 is 0 Å². The van der Waals surface area contributed by atoms with Gasteiger partial charge in [-0.05, 0) is 64.4 Å². The van der Waals surface area contributed by atoms with E-state index in [9.17, 15) is 8.42 Å². The standard InChI is InChI=1S/C15H23NO3S/c1-13-3-5-15(6-4-13)20(17,18)19-12-9-14-7-10-16(2)11-8-14/h3-6,14H,7-12H2,1-2H3. The second-order valence-corrected chi connectivity index (χ2v) is 7.24. The predicted molar refractivity (Wildman–Crippen MR) is 79.2 cm³/mol. The van der Waals surface area contributed by atoms with Crippen molar-refractivity contribution in [2.24, 2.45) is 5.92 Å². The summed E-state index contributed by atoms with van der Waals surface area (Å²) in [6.07, 6.45) is 3.08. The van der Waals surface area contributed by atoms with Gasteiger partial charge in [-0.1, -0.05) is 17.7 Å². The molecule has 0 spiro atoms. The van der Waals surface area contributed by atoms with Gasteiger partial charge in [-0.3, -0.25) is 4.18 Å². The zero-order valence-electron chi connectivity index (χ0n) is 12.2. The van der Waals surface area contributed by atoms with Gasteiger partial charge in [-0.2, -0.15) is 8.42 Å². The van der Waals surface area contributed by atoms with E-state index in [-0.39, 0.29) is 11.5 Å². The average molecular weight is 297 g/mol. The Bertz CT molecular complexity index is 517. The molecule has 1 saturated heterocycles. The molecule has 112 valence electrons. The molecule has 4 nitrogen and oxygen atoms in total. The monoisotopic (exact) mass is 297 g/mol. The van der Waals surface area contributed by atoms with Crippen LogP contribution in [-0.2, 0) is 14.3 Å². The topological polar surface area (TPSA) is 46.6 Å². The summed E-state index contributed by atoms with van der Waals surface area (Å²) in [4.78, 5) is 2.55. The second-order valence-electron chi connectivity index (χ2n) is 5.62. The van der Waals surface area contributed by atoms with Crippen molar-refractivity contribution in [3.05, 3.63) is 29.8 Å². The Morgan fingerprint density at radius 1 is 1.20 bits per heavy atom. The fraction of sp³-hybridized carbons (Fsp3) is 0.600. The first-order chi connectivity index (χ1) is 9.47. The molecule has 0 saturated carbocycles. The zero-order valence-corrected chi connectivity index (χ0v) is 13.0. The van der Waals surface area contributed by atoms with Crippen LogP contribution in [0.5, 0.6) is 0 Å². The van der Waals surface area contributed by atoms with Crippen molar-refractivity contribution in [3.8, 4) is 0 Å². The highest BCUT2D eigenvalue weighted by atomic mass is 32.2. The Morgan fingerprint density at radius 2 is 1.80 bits per heavy atom. The third-order valence-corrected chi connectivity index (χ3v) is 5.24. The van der Waals surface area contributed by atoms with E-state index in [0.717, 1.165) is 37.9 Å². The maximum atomic E-state index is 12.0. The first-order valence-corrected chi connectivity index (χ1v) is 8.53. The molecular formula is C15H23NO3S. The maximum absolute atomic E-state index is 12.0. The van der Waals surface area contributed by atoms with E-state index in [1.807, 2.05) is 6.92 Å². The Labute approximate surface area is 121 Å². The molecule has 0 aliphatic carbocycles. The molecule has 0 atom stereocenters. The third kappa shape index (κ3) is 4.30. The van der Waals surface area contributed by atoms with E-state index in [2.05, 4.69) is 11.9 Å². The number of benzene rings is 1. The number of piperidine rings is 1. The van der Waals surface area contributed by atoms with Gasteiger partial charge in [0.05, 0.1) is 11.5 Å². The molecule has 1 aliphatic rings. The molecule has 1 aliphatic heterocycles. The summed E-state index contributed by atoms with van der Waals surface area (Å²) in [5, 5.41) is 0. The number of rotatable bonds is 5. The van der Waals surface area contributed by atoms with Gasteiger partial charge in [0.2, 0.25) is 0 Å². The molecule has 0 unspecified atom stereocenters. The highest BCUT2D eigenvalue weighted by Crippen LogP contribution is 2.20. The van der Waals surface area contributed by atoms with Gasteiger partial charge >= 0.3 is 0 Å². The summed E-state index contributed by atoms with van der Waals surface area (Å²) in [6, 6.07) is 6.76. The quantitative estimate of drug-likeness (QED) is 0.783. The molecule has 2 rings (SSSR count). The highest BCUT2D eigenvalue weighted by molar-refractivity contribution is 7.86. The van der Waals surface area contributed by atoms with Crippen molar-refractivity contribution in [2.45, 2.75) is 31.1 Å². The molecule has 1 fully saturated rings. The van der Waals surface area contributed by atoms with Crippen LogP contribution in [0.25, 0.3) is 0 Å². The lowest BCUT2D eigenvalue weighted by Gasteiger charge is -2.28. The van der Waals surface area contributed by atoms with Crippen molar-refractivity contribution in [3.63, 3.8) is 0 Å².